The normalized spacial score (nSPS) is 31.3. The third-order valence-electron chi connectivity index (χ3n) is 8.18. The topological polar surface area (TPSA) is 176 Å². The average Bonchev–Trinajstić information content (AvgIpc) is 3.58. The van der Waals surface area contributed by atoms with Crippen molar-refractivity contribution in [1.82, 2.24) is 20.6 Å². The first-order valence-corrected chi connectivity index (χ1v) is 13.8. The van der Waals surface area contributed by atoms with E-state index in [0.29, 0.717) is 5.56 Å². The number of esters is 1. The molecule has 1 aliphatic carbocycles. The van der Waals surface area contributed by atoms with Gasteiger partial charge in [-0.05, 0) is 24.1 Å². The molecule has 1 saturated carbocycles. The minimum Gasteiger partial charge on any atom is -0.458 e. The van der Waals surface area contributed by atoms with Crippen molar-refractivity contribution >= 4 is 29.8 Å². The van der Waals surface area contributed by atoms with Gasteiger partial charge in [-0.2, -0.15) is 5.06 Å². The molecular formula is C28H36N4O10. The number of amides is 3. The zero-order valence-electron chi connectivity index (χ0n) is 23.6. The van der Waals surface area contributed by atoms with E-state index >= 15 is 0 Å². The van der Waals surface area contributed by atoms with Gasteiger partial charge < -0.3 is 40.0 Å². The van der Waals surface area contributed by atoms with Gasteiger partial charge in [0.2, 0.25) is 17.7 Å². The van der Waals surface area contributed by atoms with Crippen LogP contribution in [0.5, 0.6) is 0 Å². The smallest absolute Gasteiger partial charge is 0.327 e. The summed E-state index contributed by atoms with van der Waals surface area (Å²) in [7, 11) is 3.29. The lowest BCUT2D eigenvalue weighted by atomic mass is 9.62. The van der Waals surface area contributed by atoms with Gasteiger partial charge in [0.05, 0.1) is 19.3 Å². The number of carbonyl (C=O) groups excluding carboxylic acids is 4. The van der Waals surface area contributed by atoms with Crippen LogP contribution in [0.15, 0.2) is 30.3 Å². The zero-order valence-corrected chi connectivity index (χ0v) is 23.6. The second kappa shape index (κ2) is 12.1. The molecule has 14 nitrogen and oxygen atoms in total. The van der Waals surface area contributed by atoms with Crippen molar-refractivity contribution in [1.29, 1.82) is 0 Å². The van der Waals surface area contributed by atoms with E-state index in [0.717, 1.165) is 5.56 Å². The van der Waals surface area contributed by atoms with E-state index in [2.05, 4.69) is 10.6 Å². The molecule has 2 bridgehead atoms. The molecule has 8 atom stereocenters. The number of nitrogens with one attached hydrogen (secondary N) is 2. The van der Waals surface area contributed by atoms with Crippen molar-refractivity contribution in [3.8, 4) is 0 Å². The summed E-state index contributed by atoms with van der Waals surface area (Å²) < 4.78 is 17.3. The number of fused-ring (bicyclic) bond motifs is 4. The van der Waals surface area contributed by atoms with Crippen molar-refractivity contribution < 1.29 is 48.4 Å². The molecule has 3 aliphatic heterocycles. The number of nitrogens with zero attached hydrogens (tertiary/aromatic N) is 2. The minimum atomic E-state index is -1.54. The van der Waals surface area contributed by atoms with Crippen molar-refractivity contribution in [3.63, 3.8) is 0 Å². The highest BCUT2D eigenvalue weighted by molar-refractivity contribution is 5.96. The van der Waals surface area contributed by atoms with Crippen LogP contribution in [-0.2, 0) is 44.8 Å². The minimum absolute atomic E-state index is 0.0462. The molecule has 1 aromatic rings. The Kier molecular flexibility index (Phi) is 8.64. The summed E-state index contributed by atoms with van der Waals surface area (Å²) >= 11 is 0. The van der Waals surface area contributed by atoms with Crippen LogP contribution in [0.2, 0.25) is 0 Å². The number of hydroxylamine groups is 2. The summed E-state index contributed by atoms with van der Waals surface area (Å²) in [5.74, 6) is -2.26. The molecule has 228 valence electrons. The Bertz CT molecular complexity index is 1250. The first-order chi connectivity index (χ1) is 20.1. The van der Waals surface area contributed by atoms with Crippen molar-refractivity contribution in [2.24, 2.45) is 5.41 Å². The van der Waals surface area contributed by atoms with Crippen molar-refractivity contribution in [2.45, 2.75) is 62.5 Å². The van der Waals surface area contributed by atoms with Gasteiger partial charge in [-0.1, -0.05) is 24.3 Å². The highest BCUT2D eigenvalue weighted by Crippen LogP contribution is 2.55. The van der Waals surface area contributed by atoms with Gasteiger partial charge in [-0.15, -0.1) is 0 Å². The number of likely N-dealkylation sites (N-methyl/N-ethyl adjacent to an activating group) is 1. The van der Waals surface area contributed by atoms with E-state index in [1.165, 1.54) is 23.0 Å². The third-order valence-corrected chi connectivity index (χ3v) is 8.18. The largest absolute Gasteiger partial charge is 0.458 e. The highest BCUT2D eigenvalue weighted by Gasteiger charge is 2.74. The number of hydrogen-bond acceptors (Lipinski definition) is 11. The van der Waals surface area contributed by atoms with Gasteiger partial charge in [-0.25, -0.2) is 0 Å². The van der Waals surface area contributed by atoms with Crippen LogP contribution < -0.4 is 10.6 Å². The molecule has 0 radical (unpaired) electrons. The number of aliphatic hydroxyl groups excluding tert-OH is 2. The molecule has 3 heterocycles. The van der Waals surface area contributed by atoms with Gasteiger partial charge in [-0.3, -0.25) is 24.0 Å². The number of ether oxygens (including phenoxy) is 3. The lowest BCUT2D eigenvalue weighted by Crippen LogP contribution is -2.71. The maximum absolute atomic E-state index is 14.2. The summed E-state index contributed by atoms with van der Waals surface area (Å²) in [6, 6.07) is 4.69. The monoisotopic (exact) mass is 588 g/mol. The molecule has 3 saturated heterocycles. The second-order valence-electron chi connectivity index (χ2n) is 11.1. The van der Waals surface area contributed by atoms with E-state index in [9.17, 15) is 24.3 Å². The van der Waals surface area contributed by atoms with E-state index in [-0.39, 0.29) is 38.8 Å². The van der Waals surface area contributed by atoms with Gasteiger partial charge in [0.15, 0.2) is 6.04 Å². The van der Waals surface area contributed by atoms with E-state index < -0.39 is 65.8 Å². The molecule has 3 amide bonds. The third kappa shape index (κ3) is 5.29. The number of hydrogen-bond donors (Lipinski definition) is 4. The molecule has 14 heteroatoms. The molecule has 42 heavy (non-hydrogen) atoms. The second-order valence-corrected chi connectivity index (χ2v) is 11.1. The standard InChI is InChI=1S/C28H36N4O10/c1-15(34)20(25(36)29-10-11-33)30-27(38)28-12-18-21-22(40-14-39-21)24(28)42-32(23(28)26(37)41-18)13-17-7-5-4-6-16(17)8-9-19(35)31(2)3/h4-9,15,18,20-24,33-34H,10-14H2,1-3H3,(H,29,36)(H,30,38)/t15-,18+,20+,21-,22-,23-,24+,28-/m0/s1. The first-order valence-electron chi connectivity index (χ1n) is 13.8. The van der Waals surface area contributed by atoms with E-state index in [4.69, 9.17) is 24.2 Å². The fraction of sp³-hybridized carbons (Fsp3) is 0.571. The maximum atomic E-state index is 14.2. The summed E-state index contributed by atoms with van der Waals surface area (Å²) in [6.45, 7) is 0.951. The summed E-state index contributed by atoms with van der Waals surface area (Å²) in [4.78, 5) is 60.5. The Balaban J connectivity index is 1.49. The molecule has 4 N–H and O–H groups in total. The Morgan fingerprint density at radius 2 is 1.95 bits per heavy atom. The summed E-state index contributed by atoms with van der Waals surface area (Å²) in [6.07, 6.45) is -1.27. The van der Waals surface area contributed by atoms with Crippen LogP contribution in [0, 0.1) is 5.41 Å². The predicted octanol–water partition coefficient (Wildman–Crippen LogP) is -1.70. The van der Waals surface area contributed by atoms with Crippen molar-refractivity contribution in [2.75, 3.05) is 34.0 Å². The Morgan fingerprint density at radius 3 is 2.67 bits per heavy atom. The lowest BCUT2D eigenvalue weighted by Gasteiger charge is -2.49. The molecule has 4 aliphatic rings. The van der Waals surface area contributed by atoms with Gasteiger partial charge in [0.1, 0.15) is 42.7 Å². The van der Waals surface area contributed by atoms with E-state index in [1.54, 1.807) is 20.2 Å². The zero-order chi connectivity index (χ0) is 30.2. The number of benzene rings is 1. The molecule has 5 rings (SSSR count). The average molecular weight is 589 g/mol. The van der Waals surface area contributed by atoms with Gasteiger partial charge in [0.25, 0.3) is 0 Å². The molecule has 0 unspecified atom stereocenters. The van der Waals surface area contributed by atoms with Crippen LogP contribution in [0.25, 0.3) is 6.08 Å². The summed E-state index contributed by atoms with van der Waals surface area (Å²) in [5, 5.41) is 25.9. The van der Waals surface area contributed by atoms with Crippen LogP contribution in [-0.4, -0.2) is 121 Å². The number of aliphatic hydroxyl groups is 2. The molecule has 0 spiro atoms. The van der Waals surface area contributed by atoms with E-state index in [1.807, 2.05) is 24.3 Å². The molecular weight excluding hydrogens is 552 g/mol. The highest BCUT2D eigenvalue weighted by atomic mass is 16.8. The van der Waals surface area contributed by atoms with Gasteiger partial charge >= 0.3 is 5.97 Å². The number of rotatable bonds is 10. The van der Waals surface area contributed by atoms with Crippen LogP contribution in [0.3, 0.4) is 0 Å². The Morgan fingerprint density at radius 1 is 1.21 bits per heavy atom. The Labute approximate surface area is 242 Å². The van der Waals surface area contributed by atoms with Crippen LogP contribution >= 0.6 is 0 Å². The molecule has 4 fully saturated rings. The number of carbonyl (C=O) groups is 4. The quantitative estimate of drug-likeness (QED) is 0.181. The first kappa shape index (κ1) is 30.1. The Hall–Kier alpha value is -3.40. The molecule has 1 aromatic carbocycles. The van der Waals surface area contributed by atoms with Crippen LogP contribution in [0.1, 0.15) is 24.5 Å². The maximum Gasteiger partial charge on any atom is 0.327 e. The van der Waals surface area contributed by atoms with Crippen molar-refractivity contribution in [3.05, 3.63) is 41.5 Å². The fourth-order valence-electron chi connectivity index (χ4n) is 6.12. The SMILES string of the molecule is C[C@H](O)[C@@H](NC(=O)[C@@]12C[C@H]3OC(=O)[C@@H]1N(Cc1ccccc1C=CC(=O)N(C)C)O[C@@H]2[C@H]1OCO[C@H]13)C(=O)NCCO. The molecule has 0 aromatic heterocycles. The lowest BCUT2D eigenvalue weighted by molar-refractivity contribution is -0.201. The predicted molar refractivity (Wildman–Crippen MR) is 144 cm³/mol. The fourth-order valence-corrected chi connectivity index (χ4v) is 6.12. The van der Waals surface area contributed by atoms with Crippen LogP contribution in [0.4, 0.5) is 0 Å². The summed E-state index contributed by atoms with van der Waals surface area (Å²) in [5.41, 5.74) is -0.111. The van der Waals surface area contributed by atoms with Gasteiger partial charge in [0, 0.05) is 33.1 Å².